The summed E-state index contributed by atoms with van der Waals surface area (Å²) in [4.78, 5) is 11.7. The van der Waals surface area contributed by atoms with E-state index in [9.17, 15) is 0 Å². The van der Waals surface area contributed by atoms with Gasteiger partial charge in [-0.1, -0.05) is 42.5 Å². The number of ether oxygens (including phenoxy) is 1. The van der Waals surface area contributed by atoms with Crippen LogP contribution in [0.4, 0.5) is 5.82 Å². The molecule has 2 N–H and O–H groups in total. The monoisotopic (exact) mass is 431 g/mol. The second-order valence-electron chi connectivity index (χ2n) is 8.28. The van der Waals surface area contributed by atoms with Gasteiger partial charge in [-0.3, -0.25) is 0 Å². The minimum Gasteiger partial charge on any atom is -0.375 e. The molecule has 1 saturated heterocycles. The third kappa shape index (κ3) is 5.37. The Hall–Kier alpha value is -3.12. The van der Waals surface area contributed by atoms with E-state index in [1.165, 1.54) is 16.3 Å². The highest BCUT2D eigenvalue weighted by atomic mass is 16.5. The van der Waals surface area contributed by atoms with E-state index >= 15 is 0 Å². The molecule has 2 unspecified atom stereocenters. The summed E-state index contributed by atoms with van der Waals surface area (Å²) in [5, 5.41) is 9.48. The van der Waals surface area contributed by atoms with E-state index in [1.807, 2.05) is 12.3 Å². The van der Waals surface area contributed by atoms with Gasteiger partial charge in [0.05, 0.1) is 25.3 Å². The van der Waals surface area contributed by atoms with E-state index in [1.54, 1.807) is 0 Å². The molecular formula is C26H33N5O. The summed E-state index contributed by atoms with van der Waals surface area (Å²) in [6.45, 7) is 10.2. The molecule has 1 aliphatic heterocycles. The van der Waals surface area contributed by atoms with E-state index in [4.69, 9.17) is 9.73 Å². The van der Waals surface area contributed by atoms with E-state index in [0.717, 1.165) is 43.6 Å². The maximum atomic E-state index is 5.66. The van der Waals surface area contributed by atoms with Crippen molar-refractivity contribution in [3.05, 3.63) is 71.9 Å². The number of morpholine rings is 1. The number of aromatic nitrogens is 1. The summed E-state index contributed by atoms with van der Waals surface area (Å²) in [6, 6.07) is 19.3. The molecule has 0 spiro atoms. The molecule has 0 saturated carbocycles. The fourth-order valence-corrected chi connectivity index (χ4v) is 4.16. The Morgan fingerprint density at radius 3 is 2.91 bits per heavy atom. The van der Waals surface area contributed by atoms with Crippen molar-refractivity contribution in [2.45, 2.75) is 39.5 Å². The second kappa shape index (κ2) is 10.5. The summed E-state index contributed by atoms with van der Waals surface area (Å²) < 4.78 is 5.66. The van der Waals surface area contributed by atoms with Crippen LogP contribution >= 0.6 is 0 Å². The molecule has 2 aromatic carbocycles. The minimum absolute atomic E-state index is 0.127. The van der Waals surface area contributed by atoms with Crippen molar-refractivity contribution in [2.24, 2.45) is 4.99 Å². The van der Waals surface area contributed by atoms with Crippen molar-refractivity contribution in [2.75, 3.05) is 31.1 Å². The lowest BCUT2D eigenvalue weighted by molar-refractivity contribution is 0.0529. The second-order valence-corrected chi connectivity index (χ2v) is 8.28. The van der Waals surface area contributed by atoms with Crippen LogP contribution in [0, 0.1) is 0 Å². The SMILES string of the molecule is CCNC(=NCc1ccnc(N2CCOC(C)C2)c1)NC(C)c1cccc2ccccc12. The smallest absolute Gasteiger partial charge is 0.192 e. The molecule has 0 radical (unpaired) electrons. The summed E-state index contributed by atoms with van der Waals surface area (Å²) in [7, 11) is 0. The number of hydrogen-bond donors (Lipinski definition) is 2. The van der Waals surface area contributed by atoms with Crippen LogP contribution in [0.5, 0.6) is 0 Å². The molecule has 6 nitrogen and oxygen atoms in total. The van der Waals surface area contributed by atoms with Crippen molar-refractivity contribution >= 4 is 22.5 Å². The molecule has 1 fully saturated rings. The number of pyridine rings is 1. The van der Waals surface area contributed by atoms with Gasteiger partial charge in [0.25, 0.3) is 0 Å². The number of nitrogens with one attached hydrogen (secondary N) is 2. The number of rotatable bonds is 6. The lowest BCUT2D eigenvalue weighted by atomic mass is 10.00. The third-order valence-corrected chi connectivity index (χ3v) is 5.78. The van der Waals surface area contributed by atoms with E-state index in [0.29, 0.717) is 6.54 Å². The largest absolute Gasteiger partial charge is 0.375 e. The van der Waals surface area contributed by atoms with Crippen molar-refractivity contribution in [3.8, 4) is 0 Å². The number of aliphatic imine (C=N–C) groups is 1. The van der Waals surface area contributed by atoms with Gasteiger partial charge in [-0.05, 0) is 54.8 Å². The van der Waals surface area contributed by atoms with Crippen molar-refractivity contribution in [1.29, 1.82) is 0 Å². The molecule has 32 heavy (non-hydrogen) atoms. The van der Waals surface area contributed by atoms with Crippen LogP contribution in [0.3, 0.4) is 0 Å². The van der Waals surface area contributed by atoms with Crippen molar-refractivity contribution in [1.82, 2.24) is 15.6 Å². The topological polar surface area (TPSA) is 61.8 Å². The number of guanidine groups is 1. The number of hydrogen-bond acceptors (Lipinski definition) is 4. The fourth-order valence-electron chi connectivity index (χ4n) is 4.16. The number of anilines is 1. The molecule has 6 heteroatoms. The Kier molecular flexibility index (Phi) is 7.22. The zero-order valence-corrected chi connectivity index (χ0v) is 19.2. The average molecular weight is 432 g/mol. The highest BCUT2D eigenvalue weighted by Crippen LogP contribution is 2.24. The van der Waals surface area contributed by atoms with Crippen LogP contribution in [0.1, 0.15) is 37.9 Å². The molecule has 3 aromatic rings. The van der Waals surface area contributed by atoms with Gasteiger partial charge in [-0.15, -0.1) is 0 Å². The van der Waals surface area contributed by atoms with Gasteiger partial charge in [0, 0.05) is 25.8 Å². The summed E-state index contributed by atoms with van der Waals surface area (Å²) in [5.41, 5.74) is 2.41. The zero-order valence-electron chi connectivity index (χ0n) is 19.2. The van der Waals surface area contributed by atoms with Gasteiger partial charge in [0.15, 0.2) is 5.96 Å². The molecule has 1 aromatic heterocycles. The van der Waals surface area contributed by atoms with Gasteiger partial charge in [-0.25, -0.2) is 9.98 Å². The molecule has 0 amide bonds. The standard InChI is InChI=1S/C26H33N5O/c1-4-27-26(30-20(3)23-11-7-9-22-8-5-6-10-24(22)23)29-17-21-12-13-28-25(16-21)31-14-15-32-19(2)18-31/h5-13,16,19-20H,4,14-15,17-18H2,1-3H3,(H2,27,29,30). The number of nitrogens with zero attached hydrogens (tertiary/aromatic N) is 3. The molecule has 0 bridgehead atoms. The van der Waals surface area contributed by atoms with E-state index in [2.05, 4.69) is 89.8 Å². The maximum Gasteiger partial charge on any atom is 0.192 e. The zero-order chi connectivity index (χ0) is 22.3. The highest BCUT2D eigenvalue weighted by Gasteiger charge is 2.18. The van der Waals surface area contributed by atoms with Gasteiger partial charge < -0.3 is 20.3 Å². The molecule has 2 heterocycles. The predicted molar refractivity (Wildman–Crippen MR) is 132 cm³/mol. The number of benzene rings is 2. The maximum absolute atomic E-state index is 5.66. The molecule has 4 rings (SSSR count). The normalized spacial score (nSPS) is 17.9. The minimum atomic E-state index is 0.127. The van der Waals surface area contributed by atoms with Crippen LogP contribution in [0.25, 0.3) is 10.8 Å². The van der Waals surface area contributed by atoms with Crippen molar-refractivity contribution < 1.29 is 4.74 Å². The highest BCUT2D eigenvalue weighted by molar-refractivity contribution is 5.87. The molecule has 168 valence electrons. The average Bonchev–Trinajstić information content (AvgIpc) is 2.82. The van der Waals surface area contributed by atoms with E-state index in [-0.39, 0.29) is 12.1 Å². The predicted octanol–water partition coefficient (Wildman–Crippen LogP) is 4.28. The first-order valence-corrected chi connectivity index (χ1v) is 11.5. The van der Waals surface area contributed by atoms with Crippen LogP contribution < -0.4 is 15.5 Å². The Morgan fingerprint density at radius 2 is 2.06 bits per heavy atom. The van der Waals surface area contributed by atoms with Gasteiger partial charge in [0.2, 0.25) is 0 Å². The summed E-state index contributed by atoms with van der Waals surface area (Å²) in [5.74, 6) is 1.81. The molecule has 0 aliphatic carbocycles. The fraction of sp³-hybridized carbons (Fsp3) is 0.385. The van der Waals surface area contributed by atoms with Gasteiger partial charge in [-0.2, -0.15) is 0 Å². The Labute approximate surface area is 190 Å². The molecule has 2 atom stereocenters. The first-order valence-electron chi connectivity index (χ1n) is 11.5. The van der Waals surface area contributed by atoms with Crippen LogP contribution in [0.15, 0.2) is 65.8 Å². The van der Waals surface area contributed by atoms with Crippen LogP contribution in [-0.2, 0) is 11.3 Å². The Morgan fingerprint density at radius 1 is 1.22 bits per heavy atom. The van der Waals surface area contributed by atoms with Gasteiger partial charge in [0.1, 0.15) is 5.82 Å². The molecular weight excluding hydrogens is 398 g/mol. The Bertz CT molecular complexity index is 1060. The lowest BCUT2D eigenvalue weighted by Crippen LogP contribution is -2.41. The lowest BCUT2D eigenvalue weighted by Gasteiger charge is -2.32. The Balaban J connectivity index is 1.48. The van der Waals surface area contributed by atoms with Crippen molar-refractivity contribution in [3.63, 3.8) is 0 Å². The van der Waals surface area contributed by atoms with Crippen LogP contribution in [-0.4, -0.2) is 43.3 Å². The first kappa shape index (κ1) is 22.1. The molecule has 1 aliphatic rings. The van der Waals surface area contributed by atoms with Crippen LogP contribution in [0.2, 0.25) is 0 Å². The van der Waals surface area contributed by atoms with E-state index < -0.39 is 0 Å². The quantitative estimate of drug-likeness (QED) is 0.451. The van der Waals surface area contributed by atoms with Gasteiger partial charge >= 0.3 is 0 Å². The first-order chi connectivity index (χ1) is 15.6. The third-order valence-electron chi connectivity index (χ3n) is 5.78. The number of fused-ring (bicyclic) bond motifs is 1. The summed E-state index contributed by atoms with van der Waals surface area (Å²) >= 11 is 0. The summed E-state index contributed by atoms with van der Waals surface area (Å²) in [6.07, 6.45) is 2.10.